The van der Waals surface area contributed by atoms with Crippen molar-refractivity contribution in [1.82, 2.24) is 4.57 Å². The van der Waals surface area contributed by atoms with Crippen LogP contribution in [0.15, 0.2) is 231 Å². The number of para-hydroxylation sites is 4. The molecule has 3 heteroatoms. The van der Waals surface area contributed by atoms with E-state index < -0.39 is 0 Å². The number of anilines is 3. The molecule has 10 aromatic carbocycles. The molecule has 12 rings (SSSR count). The van der Waals surface area contributed by atoms with Gasteiger partial charge in [-0.25, -0.2) is 0 Å². The Labute approximate surface area is 358 Å². The fraction of sp³-hybridized carbons (Fsp3) is 0. The van der Waals surface area contributed by atoms with Gasteiger partial charge in [0.25, 0.3) is 0 Å². The van der Waals surface area contributed by atoms with Gasteiger partial charge in [-0.2, -0.15) is 0 Å². The number of hydrogen-bond donors (Lipinski definition) is 0. The molecule has 2 nitrogen and oxygen atoms in total. The van der Waals surface area contributed by atoms with Crippen molar-refractivity contribution in [2.45, 2.75) is 0 Å². The van der Waals surface area contributed by atoms with Gasteiger partial charge in [0.15, 0.2) is 0 Å². The lowest BCUT2D eigenvalue weighted by Gasteiger charge is -2.27. The molecule has 0 amide bonds. The van der Waals surface area contributed by atoms with Crippen LogP contribution < -0.4 is 4.90 Å². The zero-order chi connectivity index (χ0) is 40.3. The van der Waals surface area contributed by atoms with Crippen LogP contribution in [-0.2, 0) is 0 Å². The zero-order valence-electron chi connectivity index (χ0n) is 33.2. The van der Waals surface area contributed by atoms with Gasteiger partial charge in [0.1, 0.15) is 0 Å². The van der Waals surface area contributed by atoms with Crippen LogP contribution in [0.2, 0.25) is 0 Å². The van der Waals surface area contributed by atoms with Crippen LogP contribution in [0.3, 0.4) is 0 Å². The lowest BCUT2D eigenvalue weighted by atomic mass is 9.90. The summed E-state index contributed by atoms with van der Waals surface area (Å²) in [6.45, 7) is 0. The predicted molar refractivity (Wildman–Crippen MR) is 262 cm³/mol. The van der Waals surface area contributed by atoms with Gasteiger partial charge in [0.05, 0.1) is 16.7 Å². The average molecular weight is 795 g/mol. The third kappa shape index (κ3) is 5.93. The molecular weight excluding hydrogens is 757 g/mol. The summed E-state index contributed by atoms with van der Waals surface area (Å²) in [5, 5.41) is 7.58. The van der Waals surface area contributed by atoms with E-state index in [0.29, 0.717) is 0 Å². The largest absolute Gasteiger partial charge is 0.310 e. The molecule has 0 aliphatic carbocycles. The van der Waals surface area contributed by atoms with Crippen molar-refractivity contribution in [2.24, 2.45) is 0 Å². The van der Waals surface area contributed by atoms with E-state index in [1.165, 1.54) is 86.1 Å². The van der Waals surface area contributed by atoms with E-state index >= 15 is 0 Å². The summed E-state index contributed by atoms with van der Waals surface area (Å²) < 4.78 is 5.03. The van der Waals surface area contributed by atoms with E-state index in [2.05, 4.69) is 240 Å². The highest BCUT2D eigenvalue weighted by Gasteiger charge is 2.22. The summed E-state index contributed by atoms with van der Waals surface area (Å²) >= 11 is 1.87. The van der Waals surface area contributed by atoms with E-state index in [-0.39, 0.29) is 0 Å². The van der Waals surface area contributed by atoms with E-state index in [9.17, 15) is 0 Å². The summed E-state index contributed by atoms with van der Waals surface area (Å²) in [5.74, 6) is 0. The molecule has 0 saturated carbocycles. The second kappa shape index (κ2) is 14.5. The van der Waals surface area contributed by atoms with Crippen molar-refractivity contribution in [2.75, 3.05) is 4.90 Å². The van der Waals surface area contributed by atoms with Crippen LogP contribution in [0.1, 0.15) is 0 Å². The van der Waals surface area contributed by atoms with Crippen molar-refractivity contribution in [3.8, 4) is 39.1 Å². The SMILES string of the molecule is c1ccc(N(c2ccc(-c3ccc4ccccc4c3)cc2)c2ccc(-c3ccccc3-n3c4ccccc4c4ccccc43)c(-c3cccc4sc5ccccc5c34)c2)cc1. The summed E-state index contributed by atoms with van der Waals surface area (Å²) in [4.78, 5) is 2.39. The molecule has 2 aromatic heterocycles. The highest BCUT2D eigenvalue weighted by atomic mass is 32.1. The molecule has 12 aromatic rings. The van der Waals surface area contributed by atoms with Crippen LogP contribution in [0.25, 0.3) is 91.8 Å². The van der Waals surface area contributed by atoms with Gasteiger partial charge >= 0.3 is 0 Å². The highest BCUT2D eigenvalue weighted by molar-refractivity contribution is 7.25. The minimum absolute atomic E-state index is 1.09. The molecule has 2 heterocycles. The van der Waals surface area contributed by atoms with Gasteiger partial charge in [-0.15, -0.1) is 11.3 Å². The number of aromatic nitrogens is 1. The Morgan fingerprint density at radius 3 is 1.72 bits per heavy atom. The standard InChI is InChI=1S/C58H38N2S/c1-2-17-43(18-3-1)59(44-33-31-40(32-34-44)42-30-29-39-15-4-5-16-41(39)37-42)45-35-36-46(52(38-45)50-23-14-28-57-58(50)51-22-9-13-27-56(51)61-57)47-19-6-10-24-53(47)60-54-25-11-7-20-48(54)49-21-8-12-26-55(49)60/h1-38H. The Kier molecular flexibility index (Phi) is 8.39. The molecule has 0 radical (unpaired) electrons. The molecule has 0 N–H and O–H groups in total. The highest BCUT2D eigenvalue weighted by Crippen LogP contribution is 2.47. The van der Waals surface area contributed by atoms with Crippen LogP contribution >= 0.6 is 11.3 Å². The van der Waals surface area contributed by atoms with Gasteiger partial charge in [0.2, 0.25) is 0 Å². The van der Waals surface area contributed by atoms with E-state index in [4.69, 9.17) is 0 Å². The number of nitrogens with zero attached hydrogens (tertiary/aromatic N) is 2. The third-order valence-corrected chi connectivity index (χ3v) is 13.3. The van der Waals surface area contributed by atoms with Gasteiger partial charge < -0.3 is 9.47 Å². The van der Waals surface area contributed by atoms with Crippen LogP contribution in [0.5, 0.6) is 0 Å². The molecule has 0 saturated heterocycles. The molecule has 0 atom stereocenters. The Morgan fingerprint density at radius 1 is 0.328 bits per heavy atom. The number of benzene rings is 10. The molecule has 0 spiro atoms. The fourth-order valence-corrected chi connectivity index (χ4v) is 10.5. The zero-order valence-corrected chi connectivity index (χ0v) is 34.1. The normalized spacial score (nSPS) is 11.6. The molecule has 286 valence electrons. The van der Waals surface area contributed by atoms with Crippen LogP contribution in [0, 0.1) is 0 Å². The maximum atomic E-state index is 2.45. The van der Waals surface area contributed by atoms with Crippen molar-refractivity contribution in [3.05, 3.63) is 231 Å². The summed E-state index contributed by atoms with van der Waals surface area (Å²) in [5.41, 5.74) is 14.0. The molecule has 0 bridgehead atoms. The molecular formula is C58H38N2S. The number of rotatable bonds is 7. The van der Waals surface area contributed by atoms with Gasteiger partial charge in [-0.05, 0) is 111 Å². The van der Waals surface area contributed by atoms with Gasteiger partial charge in [0, 0.05) is 53.6 Å². The van der Waals surface area contributed by atoms with E-state index in [0.717, 1.165) is 22.7 Å². The van der Waals surface area contributed by atoms with E-state index in [1.807, 2.05) is 11.3 Å². The topological polar surface area (TPSA) is 8.17 Å². The number of hydrogen-bond acceptors (Lipinski definition) is 2. The first-order valence-corrected chi connectivity index (χ1v) is 21.7. The Hall–Kier alpha value is -7.72. The molecule has 0 aliphatic heterocycles. The van der Waals surface area contributed by atoms with E-state index in [1.54, 1.807) is 0 Å². The Balaban J connectivity index is 1.09. The first-order valence-electron chi connectivity index (χ1n) is 20.8. The summed E-state index contributed by atoms with van der Waals surface area (Å²) in [6, 6.07) is 84.3. The first kappa shape index (κ1) is 35.2. The summed E-state index contributed by atoms with van der Waals surface area (Å²) in [7, 11) is 0. The maximum Gasteiger partial charge on any atom is 0.0541 e. The number of fused-ring (bicyclic) bond motifs is 7. The van der Waals surface area contributed by atoms with Gasteiger partial charge in [-0.1, -0.05) is 158 Å². The van der Waals surface area contributed by atoms with Gasteiger partial charge in [-0.3, -0.25) is 0 Å². The first-order chi connectivity index (χ1) is 30.3. The van der Waals surface area contributed by atoms with Crippen molar-refractivity contribution < 1.29 is 0 Å². The Bertz CT molecular complexity index is 3540. The number of thiophene rings is 1. The molecule has 0 aliphatic rings. The van der Waals surface area contributed by atoms with Crippen molar-refractivity contribution in [3.63, 3.8) is 0 Å². The molecule has 0 unspecified atom stereocenters. The minimum Gasteiger partial charge on any atom is -0.310 e. The smallest absolute Gasteiger partial charge is 0.0541 e. The molecule has 0 fully saturated rings. The monoisotopic (exact) mass is 794 g/mol. The van der Waals surface area contributed by atoms with Crippen molar-refractivity contribution >= 4 is 81.1 Å². The summed E-state index contributed by atoms with van der Waals surface area (Å²) in [6.07, 6.45) is 0. The fourth-order valence-electron chi connectivity index (χ4n) is 9.40. The van der Waals surface area contributed by atoms with Crippen LogP contribution in [-0.4, -0.2) is 4.57 Å². The van der Waals surface area contributed by atoms with Crippen molar-refractivity contribution in [1.29, 1.82) is 0 Å². The van der Waals surface area contributed by atoms with Crippen LogP contribution in [0.4, 0.5) is 17.1 Å². The quantitative estimate of drug-likeness (QED) is 0.156. The lowest BCUT2D eigenvalue weighted by Crippen LogP contribution is -2.10. The lowest BCUT2D eigenvalue weighted by molar-refractivity contribution is 1.18. The third-order valence-electron chi connectivity index (χ3n) is 12.2. The minimum atomic E-state index is 1.09. The maximum absolute atomic E-state index is 2.45. The molecule has 61 heavy (non-hydrogen) atoms. The Morgan fingerprint density at radius 2 is 0.918 bits per heavy atom. The average Bonchev–Trinajstić information content (AvgIpc) is 3.88. The second-order valence-corrected chi connectivity index (χ2v) is 16.8. The second-order valence-electron chi connectivity index (χ2n) is 15.7. The predicted octanol–water partition coefficient (Wildman–Crippen LogP) is 16.8.